The van der Waals surface area contributed by atoms with Crippen LogP contribution in [0.5, 0.6) is 0 Å². The van der Waals surface area contributed by atoms with Gasteiger partial charge in [-0.15, -0.1) is 11.3 Å². The summed E-state index contributed by atoms with van der Waals surface area (Å²) in [5.41, 5.74) is 0. The molecule has 2 heterocycles. The van der Waals surface area contributed by atoms with E-state index in [1.165, 1.54) is 0 Å². The van der Waals surface area contributed by atoms with Crippen LogP contribution in [0, 0.1) is 0 Å². The Morgan fingerprint density at radius 2 is 2.56 bits per heavy atom. The summed E-state index contributed by atoms with van der Waals surface area (Å²) in [6.45, 7) is 7.03. The van der Waals surface area contributed by atoms with Gasteiger partial charge in [0, 0.05) is 28.5 Å². The third-order valence-corrected chi connectivity index (χ3v) is 4.32. The fraction of sp³-hybridized carbons (Fsp3) is 0.538. The van der Waals surface area contributed by atoms with Gasteiger partial charge in [0.1, 0.15) is 0 Å². The molecule has 1 aromatic heterocycles. The van der Waals surface area contributed by atoms with Crippen molar-refractivity contribution in [1.82, 2.24) is 4.90 Å². The first-order valence-corrected chi connectivity index (χ1v) is 7.70. The molecule has 1 saturated heterocycles. The SMILES string of the molecule is C=C(Br)CN1CCOCC1CC(O)c1cccs1. The van der Waals surface area contributed by atoms with Crippen LogP contribution in [0.25, 0.3) is 0 Å². The van der Waals surface area contributed by atoms with Gasteiger partial charge in [0.15, 0.2) is 0 Å². The molecule has 18 heavy (non-hydrogen) atoms. The lowest BCUT2D eigenvalue weighted by molar-refractivity contribution is -0.0207. The summed E-state index contributed by atoms with van der Waals surface area (Å²) < 4.78 is 6.49. The number of aliphatic hydroxyl groups excluding tert-OH is 1. The Morgan fingerprint density at radius 3 is 3.22 bits per heavy atom. The van der Waals surface area contributed by atoms with Crippen molar-refractivity contribution in [2.45, 2.75) is 18.6 Å². The molecule has 0 spiro atoms. The average Bonchev–Trinajstić information content (AvgIpc) is 2.84. The fourth-order valence-electron chi connectivity index (χ4n) is 2.19. The van der Waals surface area contributed by atoms with E-state index in [-0.39, 0.29) is 6.04 Å². The number of ether oxygens (including phenoxy) is 1. The van der Waals surface area contributed by atoms with E-state index in [1.807, 2.05) is 17.5 Å². The van der Waals surface area contributed by atoms with Gasteiger partial charge in [-0.05, 0) is 17.9 Å². The maximum absolute atomic E-state index is 10.2. The van der Waals surface area contributed by atoms with Crippen LogP contribution in [-0.2, 0) is 4.74 Å². The Hall–Kier alpha value is -0.200. The van der Waals surface area contributed by atoms with Crippen molar-refractivity contribution in [3.63, 3.8) is 0 Å². The third-order valence-electron chi connectivity index (χ3n) is 3.09. The van der Waals surface area contributed by atoms with Crippen LogP contribution in [0.1, 0.15) is 17.4 Å². The second-order valence-corrected chi connectivity index (χ2v) is 6.58. The maximum atomic E-state index is 10.2. The average molecular weight is 332 g/mol. The van der Waals surface area contributed by atoms with Crippen molar-refractivity contribution in [3.05, 3.63) is 33.5 Å². The number of hydrogen-bond acceptors (Lipinski definition) is 4. The lowest BCUT2D eigenvalue weighted by Gasteiger charge is -2.36. The van der Waals surface area contributed by atoms with Crippen molar-refractivity contribution in [3.8, 4) is 0 Å². The molecule has 1 fully saturated rings. The molecular weight excluding hydrogens is 314 g/mol. The van der Waals surface area contributed by atoms with Crippen LogP contribution in [0.4, 0.5) is 0 Å². The van der Waals surface area contributed by atoms with Gasteiger partial charge in [-0.25, -0.2) is 0 Å². The van der Waals surface area contributed by atoms with Crippen molar-refractivity contribution in [2.75, 3.05) is 26.3 Å². The highest BCUT2D eigenvalue weighted by atomic mass is 79.9. The quantitative estimate of drug-likeness (QED) is 0.900. The van der Waals surface area contributed by atoms with Gasteiger partial charge in [-0.3, -0.25) is 4.90 Å². The zero-order valence-corrected chi connectivity index (χ0v) is 12.6. The second-order valence-electron chi connectivity index (χ2n) is 4.48. The van der Waals surface area contributed by atoms with Gasteiger partial charge in [-0.2, -0.15) is 0 Å². The van der Waals surface area contributed by atoms with Crippen LogP contribution in [0.2, 0.25) is 0 Å². The molecule has 1 N–H and O–H groups in total. The molecule has 0 radical (unpaired) electrons. The van der Waals surface area contributed by atoms with E-state index in [0.717, 1.165) is 29.1 Å². The van der Waals surface area contributed by atoms with Gasteiger partial charge in [0.2, 0.25) is 0 Å². The number of morpholine rings is 1. The molecule has 1 aliphatic rings. The molecule has 0 aliphatic carbocycles. The molecule has 5 heteroatoms. The maximum Gasteiger partial charge on any atom is 0.0897 e. The van der Waals surface area contributed by atoms with Gasteiger partial charge < -0.3 is 9.84 Å². The van der Waals surface area contributed by atoms with E-state index in [9.17, 15) is 5.11 Å². The number of aliphatic hydroxyl groups is 1. The van der Waals surface area contributed by atoms with Gasteiger partial charge >= 0.3 is 0 Å². The molecule has 0 amide bonds. The third kappa shape index (κ3) is 3.90. The highest BCUT2D eigenvalue weighted by Gasteiger charge is 2.26. The number of rotatable bonds is 5. The molecule has 0 bridgehead atoms. The van der Waals surface area contributed by atoms with Crippen LogP contribution in [0.3, 0.4) is 0 Å². The topological polar surface area (TPSA) is 32.7 Å². The Bertz CT molecular complexity index is 382. The standard InChI is InChI=1S/C13H18BrNO2S/c1-10(14)8-15-4-5-17-9-11(15)7-12(16)13-3-2-6-18-13/h2-3,6,11-12,16H,1,4-5,7-9H2. The predicted molar refractivity (Wildman–Crippen MR) is 78.1 cm³/mol. The van der Waals surface area contributed by atoms with E-state index in [0.29, 0.717) is 13.0 Å². The van der Waals surface area contributed by atoms with Gasteiger partial charge in [0.05, 0.1) is 19.3 Å². The minimum absolute atomic E-state index is 0.255. The molecule has 0 aromatic carbocycles. The van der Waals surface area contributed by atoms with Crippen LogP contribution >= 0.6 is 27.3 Å². The predicted octanol–water partition coefficient (Wildman–Crippen LogP) is 2.78. The summed E-state index contributed by atoms with van der Waals surface area (Å²) in [4.78, 5) is 3.34. The number of hydrogen-bond donors (Lipinski definition) is 1. The molecule has 2 atom stereocenters. The lowest BCUT2D eigenvalue weighted by atomic mass is 10.1. The normalized spacial score (nSPS) is 22.9. The molecular formula is C13H18BrNO2S. The molecule has 2 rings (SSSR count). The molecule has 100 valence electrons. The monoisotopic (exact) mass is 331 g/mol. The van der Waals surface area contributed by atoms with E-state index in [2.05, 4.69) is 27.4 Å². The molecule has 3 nitrogen and oxygen atoms in total. The summed E-state index contributed by atoms with van der Waals surface area (Å²) in [7, 11) is 0. The lowest BCUT2D eigenvalue weighted by Crippen LogP contribution is -2.46. The highest BCUT2D eigenvalue weighted by molar-refractivity contribution is 9.11. The second kappa shape index (κ2) is 6.82. The highest BCUT2D eigenvalue weighted by Crippen LogP contribution is 2.26. The summed E-state index contributed by atoms with van der Waals surface area (Å²) in [5.74, 6) is 0. The smallest absolute Gasteiger partial charge is 0.0897 e. The zero-order chi connectivity index (χ0) is 13.0. The first-order valence-electron chi connectivity index (χ1n) is 6.03. The van der Waals surface area contributed by atoms with Gasteiger partial charge in [0.25, 0.3) is 0 Å². The number of thiophene rings is 1. The largest absolute Gasteiger partial charge is 0.388 e. The molecule has 0 saturated carbocycles. The minimum atomic E-state index is -0.400. The Kier molecular flexibility index (Phi) is 5.38. The summed E-state index contributed by atoms with van der Waals surface area (Å²) in [6, 6.07) is 4.20. The van der Waals surface area contributed by atoms with E-state index in [1.54, 1.807) is 11.3 Å². The summed E-state index contributed by atoms with van der Waals surface area (Å²) in [5, 5.41) is 12.2. The summed E-state index contributed by atoms with van der Waals surface area (Å²) in [6.07, 6.45) is 0.309. The van der Waals surface area contributed by atoms with Crippen molar-refractivity contribution in [1.29, 1.82) is 0 Å². The van der Waals surface area contributed by atoms with E-state index >= 15 is 0 Å². The van der Waals surface area contributed by atoms with E-state index in [4.69, 9.17) is 4.74 Å². The van der Waals surface area contributed by atoms with E-state index < -0.39 is 6.10 Å². The first-order chi connectivity index (χ1) is 8.66. The molecule has 1 aliphatic heterocycles. The van der Waals surface area contributed by atoms with Gasteiger partial charge in [-0.1, -0.05) is 28.6 Å². The Labute approximate surface area is 120 Å². The minimum Gasteiger partial charge on any atom is -0.388 e. The number of halogens is 1. The first kappa shape index (κ1) is 14.2. The van der Waals surface area contributed by atoms with Crippen molar-refractivity contribution >= 4 is 27.3 Å². The fourth-order valence-corrected chi connectivity index (χ4v) is 3.24. The van der Waals surface area contributed by atoms with Crippen LogP contribution in [-0.4, -0.2) is 42.4 Å². The summed E-state index contributed by atoms with van der Waals surface area (Å²) >= 11 is 5.00. The molecule has 1 aromatic rings. The zero-order valence-electron chi connectivity index (χ0n) is 10.2. The Morgan fingerprint density at radius 1 is 1.72 bits per heavy atom. The van der Waals surface area contributed by atoms with Crippen LogP contribution in [0.15, 0.2) is 28.6 Å². The molecule has 2 unspecified atom stereocenters. The number of nitrogens with zero attached hydrogens (tertiary/aromatic N) is 1. The van der Waals surface area contributed by atoms with Crippen molar-refractivity contribution < 1.29 is 9.84 Å². The van der Waals surface area contributed by atoms with Crippen molar-refractivity contribution in [2.24, 2.45) is 0 Å². The van der Waals surface area contributed by atoms with Crippen LogP contribution < -0.4 is 0 Å². The Balaban J connectivity index is 1.94.